The molecule has 2 aromatic rings. The lowest BCUT2D eigenvalue weighted by molar-refractivity contribution is 0.662. The smallest absolute Gasteiger partial charge is 0.102 e. The van der Waals surface area contributed by atoms with Crippen molar-refractivity contribution in [3.63, 3.8) is 0 Å². The number of hydrogen-bond donors (Lipinski definition) is 1. The van der Waals surface area contributed by atoms with E-state index in [-0.39, 0.29) is 5.92 Å². The Labute approximate surface area is 113 Å². The van der Waals surface area contributed by atoms with Crippen molar-refractivity contribution in [2.75, 3.05) is 6.54 Å². The van der Waals surface area contributed by atoms with Gasteiger partial charge in [-0.25, -0.2) is 8.99 Å². The standard InChI is InChI=1S/C15H14N2OS/c1-17-10-13-11-6-2-4-8-14(11)19(16,18)15-9-5-3-7-12(13)15/h2-9,13,16H,1,10H2. The first kappa shape index (κ1) is 12.1. The predicted molar refractivity (Wildman–Crippen MR) is 76.5 cm³/mol. The van der Waals surface area contributed by atoms with Crippen LogP contribution in [-0.4, -0.2) is 17.5 Å². The summed E-state index contributed by atoms with van der Waals surface area (Å²) in [6.45, 7) is 4.11. The maximum absolute atomic E-state index is 12.8. The molecule has 19 heavy (non-hydrogen) atoms. The highest BCUT2D eigenvalue weighted by Gasteiger charge is 2.32. The van der Waals surface area contributed by atoms with Crippen molar-refractivity contribution in [1.82, 2.24) is 0 Å². The second-order valence-corrected chi connectivity index (χ2v) is 6.58. The van der Waals surface area contributed by atoms with Crippen LogP contribution in [0.15, 0.2) is 63.3 Å². The van der Waals surface area contributed by atoms with Gasteiger partial charge in [-0.2, -0.15) is 0 Å². The lowest BCUT2D eigenvalue weighted by Crippen LogP contribution is -2.19. The summed E-state index contributed by atoms with van der Waals surface area (Å²) in [4.78, 5) is 5.23. The third-order valence-corrected chi connectivity index (χ3v) is 5.50. The molecule has 0 bridgehead atoms. The van der Waals surface area contributed by atoms with Gasteiger partial charge in [-0.3, -0.25) is 4.99 Å². The molecule has 0 saturated heterocycles. The van der Waals surface area contributed by atoms with Crippen LogP contribution in [0.25, 0.3) is 0 Å². The van der Waals surface area contributed by atoms with Gasteiger partial charge in [0, 0.05) is 12.5 Å². The van der Waals surface area contributed by atoms with Crippen molar-refractivity contribution in [2.45, 2.75) is 15.7 Å². The van der Waals surface area contributed by atoms with Crippen molar-refractivity contribution in [1.29, 1.82) is 4.78 Å². The average Bonchev–Trinajstić information content (AvgIpc) is 2.44. The topological polar surface area (TPSA) is 53.3 Å². The summed E-state index contributed by atoms with van der Waals surface area (Å²) in [6, 6.07) is 15.0. The molecule has 0 atom stereocenters. The molecule has 0 spiro atoms. The molecular formula is C15H14N2OS. The SMILES string of the molecule is C=NCC1c2ccccc2S(=N)(=O)c2ccccc21. The molecule has 0 radical (unpaired) electrons. The molecule has 96 valence electrons. The van der Waals surface area contributed by atoms with E-state index >= 15 is 0 Å². The van der Waals surface area contributed by atoms with Crippen molar-refractivity contribution < 1.29 is 4.21 Å². The largest absolute Gasteiger partial charge is 0.300 e. The molecule has 0 saturated carbocycles. The van der Waals surface area contributed by atoms with E-state index in [9.17, 15) is 4.21 Å². The van der Waals surface area contributed by atoms with Crippen LogP contribution in [-0.2, 0) is 9.73 Å². The van der Waals surface area contributed by atoms with Crippen LogP contribution >= 0.6 is 0 Å². The van der Waals surface area contributed by atoms with Crippen LogP contribution in [0.3, 0.4) is 0 Å². The number of nitrogens with zero attached hydrogens (tertiary/aromatic N) is 1. The number of fused-ring (bicyclic) bond motifs is 2. The molecular weight excluding hydrogens is 256 g/mol. The van der Waals surface area contributed by atoms with E-state index in [1.54, 1.807) is 12.1 Å². The lowest BCUT2D eigenvalue weighted by atomic mass is 9.91. The maximum Gasteiger partial charge on any atom is 0.102 e. The highest BCUT2D eigenvalue weighted by Crippen LogP contribution is 2.41. The average molecular weight is 270 g/mol. The first-order chi connectivity index (χ1) is 9.16. The summed E-state index contributed by atoms with van der Waals surface area (Å²) < 4.78 is 21.1. The minimum absolute atomic E-state index is 0.0461. The summed E-state index contributed by atoms with van der Waals surface area (Å²) in [5.74, 6) is 0.0461. The van der Waals surface area contributed by atoms with Crippen LogP contribution in [0.4, 0.5) is 0 Å². The number of hydrogen-bond acceptors (Lipinski definition) is 3. The fraction of sp³-hybridized carbons (Fsp3) is 0.133. The molecule has 2 aromatic carbocycles. The Morgan fingerprint density at radius 3 is 2.00 bits per heavy atom. The third kappa shape index (κ3) is 1.71. The zero-order valence-electron chi connectivity index (χ0n) is 10.4. The van der Waals surface area contributed by atoms with E-state index in [1.165, 1.54) is 0 Å². The van der Waals surface area contributed by atoms with Gasteiger partial charge in [-0.15, -0.1) is 0 Å². The van der Waals surface area contributed by atoms with E-state index in [0.29, 0.717) is 16.3 Å². The molecule has 1 heterocycles. The van der Waals surface area contributed by atoms with Gasteiger partial charge in [0.05, 0.1) is 9.79 Å². The lowest BCUT2D eigenvalue weighted by Gasteiger charge is -2.28. The Morgan fingerprint density at radius 2 is 1.53 bits per heavy atom. The summed E-state index contributed by atoms with van der Waals surface area (Å²) in [6.07, 6.45) is 0. The third-order valence-electron chi connectivity index (χ3n) is 3.52. The van der Waals surface area contributed by atoms with Crippen molar-refractivity contribution >= 4 is 16.4 Å². The molecule has 1 aliphatic rings. The van der Waals surface area contributed by atoms with E-state index in [2.05, 4.69) is 11.7 Å². The fourth-order valence-corrected chi connectivity index (χ4v) is 4.53. The van der Waals surface area contributed by atoms with Gasteiger partial charge in [0.2, 0.25) is 0 Å². The second kappa shape index (κ2) is 4.31. The van der Waals surface area contributed by atoms with Gasteiger partial charge in [0.25, 0.3) is 0 Å². The van der Waals surface area contributed by atoms with Crippen LogP contribution in [0.2, 0.25) is 0 Å². The minimum atomic E-state index is -2.91. The summed E-state index contributed by atoms with van der Waals surface area (Å²) in [5.41, 5.74) is 1.88. The highest BCUT2D eigenvalue weighted by atomic mass is 32.2. The molecule has 0 aliphatic carbocycles. The van der Waals surface area contributed by atoms with Crippen molar-refractivity contribution in [3.05, 3.63) is 59.7 Å². The summed E-state index contributed by atoms with van der Waals surface area (Å²) in [7, 11) is -2.91. The number of aliphatic imine (C=N–C) groups is 1. The first-order valence-corrected chi connectivity index (χ1v) is 7.61. The Kier molecular flexibility index (Phi) is 2.75. The van der Waals surface area contributed by atoms with E-state index < -0.39 is 9.73 Å². The predicted octanol–water partition coefficient (Wildman–Crippen LogP) is 3.30. The maximum atomic E-state index is 12.8. The fourth-order valence-electron chi connectivity index (χ4n) is 2.67. The Hall–Kier alpha value is -1.94. The van der Waals surface area contributed by atoms with Crippen LogP contribution in [0, 0.1) is 4.78 Å². The van der Waals surface area contributed by atoms with Crippen LogP contribution in [0.1, 0.15) is 17.0 Å². The van der Waals surface area contributed by atoms with E-state index in [4.69, 9.17) is 4.78 Å². The summed E-state index contributed by atoms with van der Waals surface area (Å²) >= 11 is 0. The zero-order valence-corrected chi connectivity index (χ0v) is 11.2. The van der Waals surface area contributed by atoms with Gasteiger partial charge in [0.15, 0.2) is 0 Å². The van der Waals surface area contributed by atoms with Crippen LogP contribution < -0.4 is 0 Å². The van der Waals surface area contributed by atoms with Gasteiger partial charge in [-0.05, 0) is 30.0 Å². The molecule has 0 aromatic heterocycles. The molecule has 4 heteroatoms. The monoisotopic (exact) mass is 270 g/mol. The zero-order chi connectivity index (χ0) is 13.5. The van der Waals surface area contributed by atoms with Crippen molar-refractivity contribution in [3.8, 4) is 0 Å². The molecule has 0 fully saturated rings. The quantitative estimate of drug-likeness (QED) is 0.836. The molecule has 0 unspecified atom stereocenters. The Bertz CT molecular complexity index is 697. The van der Waals surface area contributed by atoms with Gasteiger partial charge < -0.3 is 0 Å². The second-order valence-electron chi connectivity index (χ2n) is 4.59. The number of nitrogens with one attached hydrogen (secondary N) is 1. The van der Waals surface area contributed by atoms with Gasteiger partial charge >= 0.3 is 0 Å². The minimum Gasteiger partial charge on any atom is -0.300 e. The normalized spacial score (nSPS) is 24.3. The Balaban J connectivity index is 2.37. The molecule has 0 amide bonds. The van der Waals surface area contributed by atoms with E-state index in [0.717, 1.165) is 11.1 Å². The number of benzene rings is 2. The first-order valence-electron chi connectivity index (χ1n) is 6.05. The molecule has 3 rings (SSSR count). The van der Waals surface area contributed by atoms with Crippen molar-refractivity contribution in [2.24, 2.45) is 4.99 Å². The van der Waals surface area contributed by atoms with Gasteiger partial charge in [-0.1, -0.05) is 36.4 Å². The Morgan fingerprint density at radius 1 is 1.05 bits per heavy atom. The van der Waals surface area contributed by atoms with Crippen LogP contribution in [0.5, 0.6) is 0 Å². The van der Waals surface area contributed by atoms with E-state index in [1.807, 2.05) is 36.4 Å². The molecule has 3 nitrogen and oxygen atoms in total. The van der Waals surface area contributed by atoms with Gasteiger partial charge in [0.1, 0.15) is 9.73 Å². The molecule has 1 aliphatic heterocycles. The summed E-state index contributed by atoms with van der Waals surface area (Å²) in [5, 5.41) is 0. The molecule has 1 N–H and O–H groups in total. The highest BCUT2D eigenvalue weighted by molar-refractivity contribution is 7.92. The number of rotatable bonds is 2.